The van der Waals surface area contributed by atoms with E-state index in [-0.39, 0.29) is 5.92 Å². The molecule has 3 heteroatoms. The van der Waals surface area contributed by atoms with Crippen molar-refractivity contribution in [2.45, 2.75) is 85.2 Å². The summed E-state index contributed by atoms with van der Waals surface area (Å²) < 4.78 is 0. The molecule has 3 nitrogen and oxygen atoms in total. The molecule has 0 saturated heterocycles. The zero-order valence-electron chi connectivity index (χ0n) is 13.8. The van der Waals surface area contributed by atoms with E-state index >= 15 is 0 Å². The van der Waals surface area contributed by atoms with E-state index < -0.39 is 18.0 Å². The van der Waals surface area contributed by atoms with E-state index in [1.807, 2.05) is 0 Å². The van der Waals surface area contributed by atoms with Gasteiger partial charge in [-0.2, -0.15) is 0 Å². The van der Waals surface area contributed by atoms with Crippen LogP contribution in [0.15, 0.2) is 0 Å². The molecule has 2 N–H and O–H groups in total. The van der Waals surface area contributed by atoms with E-state index in [1.54, 1.807) is 0 Å². The number of hydrogen-bond acceptors (Lipinski definition) is 2. The molecule has 0 radical (unpaired) electrons. The molecule has 0 heterocycles. The van der Waals surface area contributed by atoms with Gasteiger partial charge in [-0.1, -0.05) is 59.8 Å². The predicted molar refractivity (Wildman–Crippen MR) is 83.7 cm³/mol. The van der Waals surface area contributed by atoms with Crippen LogP contribution in [0.25, 0.3) is 0 Å². The third kappa shape index (κ3) is 7.88. The highest BCUT2D eigenvalue weighted by Crippen LogP contribution is 2.31. The Morgan fingerprint density at radius 2 is 1.60 bits per heavy atom. The van der Waals surface area contributed by atoms with Gasteiger partial charge in [0.1, 0.15) is 0 Å². The maximum atomic E-state index is 11.6. The van der Waals surface area contributed by atoms with Gasteiger partial charge in [0.15, 0.2) is 0 Å². The van der Waals surface area contributed by atoms with Gasteiger partial charge in [-0.3, -0.25) is 4.79 Å². The summed E-state index contributed by atoms with van der Waals surface area (Å²) in [6, 6.07) is 0. The first-order valence-corrected chi connectivity index (χ1v) is 8.34. The third-order valence-electron chi connectivity index (χ3n) is 4.25. The molecule has 0 aromatic carbocycles. The lowest BCUT2D eigenvalue weighted by atomic mass is 9.77. The number of carbonyl (C=O) groups is 1. The maximum Gasteiger partial charge on any atom is 0.306 e. The fourth-order valence-corrected chi connectivity index (χ4v) is 2.94. The summed E-state index contributed by atoms with van der Waals surface area (Å²) in [5.41, 5.74) is 0. The summed E-state index contributed by atoms with van der Waals surface area (Å²) in [4.78, 5) is 11.6. The predicted octanol–water partition coefficient (Wildman–Crippen LogP) is 4.48. The van der Waals surface area contributed by atoms with Crippen LogP contribution >= 0.6 is 0 Å². The van der Waals surface area contributed by atoms with Crippen molar-refractivity contribution < 1.29 is 15.0 Å². The van der Waals surface area contributed by atoms with Crippen LogP contribution in [0.4, 0.5) is 0 Å². The molecule has 0 spiro atoms. The SMILES string of the molecule is CCCCCC(C(C)C)C(CC(O)CCCC)C(=O)O. The largest absolute Gasteiger partial charge is 0.481 e. The average Bonchev–Trinajstić information content (AvgIpc) is 2.38. The second-order valence-electron chi connectivity index (χ2n) is 6.38. The Morgan fingerprint density at radius 1 is 1.00 bits per heavy atom. The molecular weight excluding hydrogens is 252 g/mol. The van der Waals surface area contributed by atoms with Crippen LogP contribution in [-0.2, 0) is 4.79 Å². The Labute approximate surface area is 124 Å². The molecule has 0 saturated carbocycles. The molecule has 3 unspecified atom stereocenters. The quantitative estimate of drug-likeness (QED) is 0.520. The zero-order valence-corrected chi connectivity index (χ0v) is 13.8. The van der Waals surface area contributed by atoms with Crippen molar-refractivity contribution in [3.63, 3.8) is 0 Å². The first-order chi connectivity index (χ1) is 9.43. The summed E-state index contributed by atoms with van der Waals surface area (Å²) in [5.74, 6) is -0.615. The molecular formula is C17H34O3. The van der Waals surface area contributed by atoms with Crippen molar-refractivity contribution in [1.29, 1.82) is 0 Å². The van der Waals surface area contributed by atoms with Crippen molar-refractivity contribution in [3.8, 4) is 0 Å². The maximum absolute atomic E-state index is 11.6. The monoisotopic (exact) mass is 286 g/mol. The minimum atomic E-state index is -0.740. The molecule has 0 fully saturated rings. The lowest BCUT2D eigenvalue weighted by Crippen LogP contribution is -2.31. The fraction of sp³-hybridized carbons (Fsp3) is 0.941. The van der Waals surface area contributed by atoms with Gasteiger partial charge in [0.25, 0.3) is 0 Å². The molecule has 20 heavy (non-hydrogen) atoms. The van der Waals surface area contributed by atoms with E-state index in [0.29, 0.717) is 12.3 Å². The van der Waals surface area contributed by atoms with Crippen molar-refractivity contribution in [3.05, 3.63) is 0 Å². The number of carboxylic acid groups (broad SMARTS) is 1. The average molecular weight is 286 g/mol. The highest BCUT2D eigenvalue weighted by molar-refractivity contribution is 5.70. The molecule has 0 bridgehead atoms. The zero-order chi connectivity index (χ0) is 15.5. The first-order valence-electron chi connectivity index (χ1n) is 8.34. The van der Waals surface area contributed by atoms with Crippen LogP contribution in [0.1, 0.15) is 79.1 Å². The number of unbranched alkanes of at least 4 members (excludes halogenated alkanes) is 3. The Kier molecular flexibility index (Phi) is 10.8. The summed E-state index contributed by atoms with van der Waals surface area (Å²) in [6.07, 6.45) is 7.04. The second kappa shape index (κ2) is 11.1. The Bertz CT molecular complexity index is 251. The number of aliphatic hydroxyl groups excluding tert-OH is 1. The minimum absolute atomic E-state index is 0.176. The Balaban J connectivity index is 4.59. The third-order valence-corrected chi connectivity index (χ3v) is 4.25. The molecule has 0 rings (SSSR count). The van der Waals surface area contributed by atoms with Gasteiger partial charge in [0.2, 0.25) is 0 Å². The summed E-state index contributed by atoms with van der Waals surface area (Å²) >= 11 is 0. The highest BCUT2D eigenvalue weighted by Gasteiger charge is 2.31. The van der Waals surface area contributed by atoms with Crippen LogP contribution < -0.4 is 0 Å². The van der Waals surface area contributed by atoms with E-state index in [4.69, 9.17) is 0 Å². The van der Waals surface area contributed by atoms with Crippen LogP contribution in [0.3, 0.4) is 0 Å². The molecule has 0 amide bonds. The van der Waals surface area contributed by atoms with Crippen LogP contribution in [0.5, 0.6) is 0 Å². The summed E-state index contributed by atoms with van der Waals surface area (Å²) in [7, 11) is 0. The van der Waals surface area contributed by atoms with E-state index in [0.717, 1.165) is 44.9 Å². The van der Waals surface area contributed by atoms with Gasteiger partial charge in [0, 0.05) is 0 Å². The molecule has 0 aromatic rings. The van der Waals surface area contributed by atoms with Crippen molar-refractivity contribution in [2.75, 3.05) is 0 Å². The van der Waals surface area contributed by atoms with E-state index in [2.05, 4.69) is 27.7 Å². The molecule has 120 valence electrons. The fourth-order valence-electron chi connectivity index (χ4n) is 2.94. The highest BCUT2D eigenvalue weighted by atomic mass is 16.4. The Hall–Kier alpha value is -0.570. The van der Waals surface area contributed by atoms with Gasteiger partial charge in [-0.25, -0.2) is 0 Å². The van der Waals surface area contributed by atoms with Gasteiger partial charge < -0.3 is 10.2 Å². The summed E-state index contributed by atoms with van der Waals surface area (Å²) in [5, 5.41) is 19.6. The second-order valence-corrected chi connectivity index (χ2v) is 6.38. The number of aliphatic carboxylic acids is 1. The lowest BCUT2D eigenvalue weighted by Gasteiger charge is -2.29. The van der Waals surface area contributed by atoms with Crippen molar-refractivity contribution >= 4 is 5.97 Å². The van der Waals surface area contributed by atoms with Gasteiger partial charge >= 0.3 is 5.97 Å². The van der Waals surface area contributed by atoms with E-state index in [9.17, 15) is 15.0 Å². The molecule has 3 atom stereocenters. The van der Waals surface area contributed by atoms with Gasteiger partial charge in [-0.05, 0) is 31.1 Å². The molecule has 0 aliphatic carbocycles. The van der Waals surface area contributed by atoms with E-state index in [1.165, 1.54) is 0 Å². The van der Waals surface area contributed by atoms with Gasteiger partial charge in [-0.15, -0.1) is 0 Å². The molecule has 0 aromatic heterocycles. The topological polar surface area (TPSA) is 57.5 Å². The van der Waals surface area contributed by atoms with Crippen LogP contribution in [0.2, 0.25) is 0 Å². The smallest absolute Gasteiger partial charge is 0.306 e. The number of rotatable bonds is 12. The number of hydrogen-bond donors (Lipinski definition) is 2. The number of aliphatic hydroxyl groups is 1. The van der Waals surface area contributed by atoms with Crippen molar-refractivity contribution in [2.24, 2.45) is 17.8 Å². The standard InChI is InChI=1S/C17H34O3/c1-5-7-9-11-15(13(3)4)16(17(19)20)12-14(18)10-8-6-2/h13-16,18H,5-12H2,1-4H3,(H,19,20). The van der Waals surface area contributed by atoms with Crippen molar-refractivity contribution in [1.82, 2.24) is 0 Å². The first kappa shape index (κ1) is 19.4. The number of carboxylic acids is 1. The lowest BCUT2D eigenvalue weighted by molar-refractivity contribution is -0.146. The normalized spacial score (nSPS) is 16.1. The van der Waals surface area contributed by atoms with Gasteiger partial charge in [0.05, 0.1) is 12.0 Å². The summed E-state index contributed by atoms with van der Waals surface area (Å²) in [6.45, 7) is 8.45. The Morgan fingerprint density at radius 3 is 2.05 bits per heavy atom. The minimum Gasteiger partial charge on any atom is -0.481 e. The van der Waals surface area contributed by atoms with Crippen LogP contribution in [0, 0.1) is 17.8 Å². The molecule has 0 aliphatic heterocycles. The van der Waals surface area contributed by atoms with Crippen LogP contribution in [-0.4, -0.2) is 22.3 Å². The molecule has 0 aliphatic rings.